The van der Waals surface area contributed by atoms with Crippen LogP contribution in [0.3, 0.4) is 0 Å². The Morgan fingerprint density at radius 2 is 1.73 bits per heavy atom. The topological polar surface area (TPSA) is 46.9 Å². The van der Waals surface area contributed by atoms with Crippen LogP contribution < -0.4 is 5.32 Å². The molecule has 0 spiro atoms. The van der Waals surface area contributed by atoms with Crippen molar-refractivity contribution in [1.29, 1.82) is 0 Å². The number of rotatable bonds is 4. The van der Waals surface area contributed by atoms with Crippen molar-refractivity contribution in [2.75, 3.05) is 5.32 Å². The van der Waals surface area contributed by atoms with Gasteiger partial charge >= 0.3 is 0 Å². The molecule has 0 fully saturated rings. The van der Waals surface area contributed by atoms with Crippen molar-refractivity contribution in [1.82, 2.24) is 9.78 Å². The number of nitrogens with zero attached hydrogens (tertiary/aromatic N) is 2. The Morgan fingerprint density at radius 3 is 2.36 bits per heavy atom. The van der Waals surface area contributed by atoms with Crippen LogP contribution in [0.1, 0.15) is 5.56 Å². The maximum absolute atomic E-state index is 12.0. The number of benzene rings is 2. The van der Waals surface area contributed by atoms with Crippen LogP contribution in [0, 0.1) is 0 Å². The number of carbonyl (C=O) groups is 1. The fourth-order valence-corrected chi connectivity index (χ4v) is 2.32. The van der Waals surface area contributed by atoms with Crippen molar-refractivity contribution < 1.29 is 4.79 Å². The van der Waals surface area contributed by atoms with Gasteiger partial charge in [-0.05, 0) is 16.7 Å². The predicted octanol–water partition coefficient (Wildman–Crippen LogP) is 3.27. The van der Waals surface area contributed by atoms with Gasteiger partial charge in [0.1, 0.15) is 0 Å². The lowest BCUT2D eigenvalue weighted by atomic mass is 10.0. The number of aryl methyl sites for hydroxylation is 1. The van der Waals surface area contributed by atoms with E-state index in [0.717, 1.165) is 11.1 Å². The minimum atomic E-state index is -0.0412. The van der Waals surface area contributed by atoms with Gasteiger partial charge in [-0.15, -0.1) is 0 Å². The highest BCUT2D eigenvalue weighted by Gasteiger charge is 2.06. The first-order chi connectivity index (χ1) is 10.7. The lowest BCUT2D eigenvalue weighted by molar-refractivity contribution is -0.115. The minimum Gasteiger partial charge on any atom is -0.323 e. The molecule has 0 aliphatic heterocycles. The molecule has 4 nitrogen and oxygen atoms in total. The fourth-order valence-electron chi connectivity index (χ4n) is 2.32. The molecule has 0 aliphatic rings. The molecular formula is C18H17N3O. The van der Waals surface area contributed by atoms with Crippen molar-refractivity contribution in [3.8, 4) is 11.1 Å². The van der Waals surface area contributed by atoms with Crippen LogP contribution in [0.15, 0.2) is 67.0 Å². The van der Waals surface area contributed by atoms with E-state index in [2.05, 4.69) is 22.5 Å². The maximum Gasteiger partial charge on any atom is 0.228 e. The lowest BCUT2D eigenvalue weighted by Crippen LogP contribution is -2.13. The molecule has 1 amide bonds. The summed E-state index contributed by atoms with van der Waals surface area (Å²) >= 11 is 0. The number of anilines is 1. The zero-order valence-electron chi connectivity index (χ0n) is 12.4. The first-order valence-corrected chi connectivity index (χ1v) is 7.13. The fraction of sp³-hybridized carbons (Fsp3) is 0.111. The van der Waals surface area contributed by atoms with Crippen molar-refractivity contribution >= 4 is 11.6 Å². The van der Waals surface area contributed by atoms with Gasteiger partial charge in [0, 0.05) is 13.2 Å². The molecule has 3 aromatic rings. The molecule has 4 heteroatoms. The molecular weight excluding hydrogens is 274 g/mol. The number of hydrogen-bond donors (Lipinski definition) is 1. The number of amides is 1. The summed E-state index contributed by atoms with van der Waals surface area (Å²) < 4.78 is 1.66. The number of nitrogens with one attached hydrogen (secondary N) is 1. The molecule has 22 heavy (non-hydrogen) atoms. The minimum absolute atomic E-state index is 0.0412. The Kier molecular flexibility index (Phi) is 4.01. The zero-order valence-corrected chi connectivity index (χ0v) is 12.4. The van der Waals surface area contributed by atoms with Gasteiger partial charge in [0.15, 0.2) is 0 Å². The summed E-state index contributed by atoms with van der Waals surface area (Å²) in [7, 11) is 1.82. The summed E-state index contributed by atoms with van der Waals surface area (Å²) in [5, 5.41) is 6.86. The summed E-state index contributed by atoms with van der Waals surface area (Å²) in [6.07, 6.45) is 3.76. The number of aromatic nitrogens is 2. The summed E-state index contributed by atoms with van der Waals surface area (Å²) in [4.78, 5) is 12.0. The normalized spacial score (nSPS) is 10.4. The molecule has 110 valence electrons. The van der Waals surface area contributed by atoms with Gasteiger partial charge in [0.25, 0.3) is 0 Å². The van der Waals surface area contributed by atoms with E-state index in [-0.39, 0.29) is 5.91 Å². The second-order valence-electron chi connectivity index (χ2n) is 5.19. The highest BCUT2D eigenvalue weighted by atomic mass is 16.1. The van der Waals surface area contributed by atoms with Gasteiger partial charge in [-0.25, -0.2) is 0 Å². The SMILES string of the molecule is Cn1cc(NC(=O)Cc2ccc(-c3ccccc3)cc2)cn1. The quantitative estimate of drug-likeness (QED) is 0.802. The highest BCUT2D eigenvalue weighted by Crippen LogP contribution is 2.19. The molecule has 1 aromatic heterocycles. The molecule has 0 aliphatic carbocycles. The third-order valence-corrected chi connectivity index (χ3v) is 3.41. The molecule has 0 saturated heterocycles. The summed E-state index contributed by atoms with van der Waals surface area (Å²) in [5.41, 5.74) is 4.03. The summed E-state index contributed by atoms with van der Waals surface area (Å²) in [6.45, 7) is 0. The van der Waals surface area contributed by atoms with Crippen molar-refractivity contribution in [2.45, 2.75) is 6.42 Å². The van der Waals surface area contributed by atoms with E-state index in [4.69, 9.17) is 0 Å². The van der Waals surface area contributed by atoms with Gasteiger partial charge in [-0.3, -0.25) is 9.48 Å². The largest absolute Gasteiger partial charge is 0.323 e. The standard InChI is InChI=1S/C18H17N3O/c1-21-13-17(12-19-21)20-18(22)11-14-7-9-16(10-8-14)15-5-3-2-4-6-15/h2-10,12-13H,11H2,1H3,(H,20,22). The predicted molar refractivity (Wildman–Crippen MR) is 87.4 cm³/mol. The molecule has 0 radical (unpaired) electrons. The third kappa shape index (κ3) is 3.41. The van der Waals surface area contributed by atoms with Crippen LogP contribution in [0.2, 0.25) is 0 Å². The van der Waals surface area contributed by atoms with Crippen LogP contribution in [-0.4, -0.2) is 15.7 Å². The lowest BCUT2D eigenvalue weighted by Gasteiger charge is -2.05. The Balaban J connectivity index is 1.65. The van der Waals surface area contributed by atoms with Crippen LogP contribution in [0.4, 0.5) is 5.69 Å². The maximum atomic E-state index is 12.0. The van der Waals surface area contributed by atoms with Crippen LogP contribution in [0.5, 0.6) is 0 Å². The molecule has 0 unspecified atom stereocenters. The highest BCUT2D eigenvalue weighted by molar-refractivity contribution is 5.92. The van der Waals surface area contributed by atoms with Crippen LogP contribution in [-0.2, 0) is 18.3 Å². The van der Waals surface area contributed by atoms with E-state index in [9.17, 15) is 4.79 Å². The van der Waals surface area contributed by atoms with Crippen molar-refractivity contribution in [3.05, 3.63) is 72.6 Å². The van der Waals surface area contributed by atoms with E-state index >= 15 is 0 Å². The Morgan fingerprint density at radius 1 is 1.05 bits per heavy atom. The first-order valence-electron chi connectivity index (χ1n) is 7.13. The van der Waals surface area contributed by atoms with E-state index in [1.54, 1.807) is 17.1 Å². The van der Waals surface area contributed by atoms with Crippen LogP contribution >= 0.6 is 0 Å². The van der Waals surface area contributed by atoms with Crippen LogP contribution in [0.25, 0.3) is 11.1 Å². The molecule has 1 N–H and O–H groups in total. The van der Waals surface area contributed by atoms with E-state index in [1.807, 2.05) is 49.5 Å². The number of carbonyl (C=O) groups excluding carboxylic acids is 1. The van der Waals surface area contributed by atoms with Crippen molar-refractivity contribution in [2.24, 2.45) is 7.05 Å². The Hall–Kier alpha value is -2.88. The first kappa shape index (κ1) is 14.1. The molecule has 0 saturated carbocycles. The third-order valence-electron chi connectivity index (χ3n) is 3.41. The number of hydrogen-bond acceptors (Lipinski definition) is 2. The molecule has 3 rings (SSSR count). The van der Waals surface area contributed by atoms with Gasteiger partial charge in [-0.1, -0.05) is 54.6 Å². The van der Waals surface area contributed by atoms with Crippen molar-refractivity contribution in [3.63, 3.8) is 0 Å². The van der Waals surface area contributed by atoms with Gasteiger partial charge < -0.3 is 5.32 Å². The second kappa shape index (κ2) is 6.26. The van der Waals surface area contributed by atoms with Gasteiger partial charge in [0.05, 0.1) is 18.3 Å². The van der Waals surface area contributed by atoms with Gasteiger partial charge in [0.2, 0.25) is 5.91 Å². The summed E-state index contributed by atoms with van der Waals surface area (Å²) in [5.74, 6) is -0.0412. The molecule has 0 bridgehead atoms. The summed E-state index contributed by atoms with van der Waals surface area (Å²) in [6, 6.07) is 18.3. The smallest absolute Gasteiger partial charge is 0.228 e. The van der Waals surface area contributed by atoms with Gasteiger partial charge in [-0.2, -0.15) is 5.10 Å². The monoisotopic (exact) mass is 291 g/mol. The average Bonchev–Trinajstić information content (AvgIpc) is 2.94. The molecule has 2 aromatic carbocycles. The molecule has 1 heterocycles. The molecule has 0 atom stereocenters. The second-order valence-corrected chi connectivity index (χ2v) is 5.19. The Bertz CT molecular complexity index is 761. The van der Waals surface area contributed by atoms with E-state index in [1.165, 1.54) is 5.56 Å². The Labute approximate surface area is 129 Å². The average molecular weight is 291 g/mol. The van der Waals surface area contributed by atoms with E-state index in [0.29, 0.717) is 12.1 Å². The zero-order chi connectivity index (χ0) is 15.4. The van der Waals surface area contributed by atoms with E-state index < -0.39 is 0 Å².